The third kappa shape index (κ3) is 3.46. The quantitative estimate of drug-likeness (QED) is 0.648. The zero-order chi connectivity index (χ0) is 18.8. The van der Waals surface area contributed by atoms with Crippen molar-refractivity contribution in [2.24, 2.45) is 0 Å². The number of H-pyrrole nitrogens is 1. The van der Waals surface area contributed by atoms with Crippen LogP contribution in [0.15, 0.2) is 42.9 Å². The van der Waals surface area contributed by atoms with Gasteiger partial charge in [0.25, 0.3) is 0 Å². The van der Waals surface area contributed by atoms with Gasteiger partial charge in [-0.25, -0.2) is 4.98 Å². The molecule has 140 valence electrons. The minimum Gasteiger partial charge on any atom is -0.506 e. The molecule has 1 atom stereocenters. The Morgan fingerprint density at radius 3 is 2.81 bits per heavy atom. The highest BCUT2D eigenvalue weighted by molar-refractivity contribution is 5.41. The number of fused-ring (bicyclic) bond motifs is 1. The highest BCUT2D eigenvalue weighted by atomic mass is 16.3. The smallest absolute Gasteiger partial charge is 0.141 e. The molecule has 0 radical (unpaired) electrons. The molecule has 0 amide bonds. The lowest BCUT2D eigenvalue weighted by Gasteiger charge is -2.35. The molecule has 0 saturated carbocycles. The second kappa shape index (κ2) is 7.50. The first-order valence-electron chi connectivity index (χ1n) is 9.24. The Kier molecular flexibility index (Phi) is 4.92. The van der Waals surface area contributed by atoms with E-state index in [0.717, 1.165) is 30.6 Å². The molecule has 3 aromatic rings. The number of aromatic nitrogens is 3. The third-order valence-corrected chi connectivity index (χ3v) is 5.39. The Bertz CT molecular complexity index is 923. The van der Waals surface area contributed by atoms with E-state index < -0.39 is 0 Å². The van der Waals surface area contributed by atoms with Gasteiger partial charge >= 0.3 is 0 Å². The number of aromatic amines is 1. The Hall–Kier alpha value is -2.70. The van der Waals surface area contributed by atoms with Gasteiger partial charge in [-0.05, 0) is 18.9 Å². The number of hydrogen-bond acceptors (Lipinski definition) is 5. The summed E-state index contributed by atoms with van der Waals surface area (Å²) in [4.78, 5) is 14.4. The van der Waals surface area contributed by atoms with E-state index in [2.05, 4.69) is 44.1 Å². The number of benzene rings is 1. The molecular weight excluding hydrogens is 340 g/mol. The highest BCUT2D eigenvalue weighted by Crippen LogP contribution is 2.34. The summed E-state index contributed by atoms with van der Waals surface area (Å²) in [6.07, 6.45) is 5.15. The number of aryl methyl sites for hydroxylation is 1. The summed E-state index contributed by atoms with van der Waals surface area (Å²) >= 11 is 0. The van der Waals surface area contributed by atoms with Crippen molar-refractivity contribution in [2.75, 3.05) is 6.54 Å². The van der Waals surface area contributed by atoms with Crippen molar-refractivity contribution in [1.29, 1.82) is 0 Å². The molecule has 27 heavy (non-hydrogen) atoms. The molecule has 0 aliphatic carbocycles. The average molecular weight is 364 g/mol. The summed E-state index contributed by atoms with van der Waals surface area (Å²) in [5, 5.41) is 20.3. The summed E-state index contributed by atoms with van der Waals surface area (Å²) in [5.74, 6) is 0.174. The highest BCUT2D eigenvalue weighted by Gasteiger charge is 2.31. The van der Waals surface area contributed by atoms with Crippen molar-refractivity contribution >= 4 is 0 Å². The number of aromatic hydroxyl groups is 1. The predicted molar refractivity (Wildman–Crippen MR) is 102 cm³/mol. The first-order chi connectivity index (χ1) is 13.2. The second-order valence-electron chi connectivity index (χ2n) is 7.05. The molecule has 3 N–H and O–H groups in total. The van der Waals surface area contributed by atoms with Crippen LogP contribution in [-0.2, 0) is 26.0 Å². The van der Waals surface area contributed by atoms with Crippen LogP contribution in [0, 0.1) is 6.92 Å². The minimum atomic E-state index is -0.138. The maximum atomic E-state index is 10.5. The van der Waals surface area contributed by atoms with E-state index >= 15 is 0 Å². The molecular formula is C21H24N4O2. The number of aliphatic hydroxyl groups is 1. The molecule has 1 unspecified atom stereocenters. The lowest BCUT2D eigenvalue weighted by molar-refractivity contribution is 0.166. The second-order valence-corrected chi connectivity index (χ2v) is 7.05. The number of pyridine rings is 1. The number of aliphatic hydroxyl groups excluding tert-OH is 1. The molecule has 1 aliphatic rings. The first-order valence-corrected chi connectivity index (χ1v) is 9.24. The van der Waals surface area contributed by atoms with Gasteiger partial charge in [-0.15, -0.1) is 0 Å². The van der Waals surface area contributed by atoms with E-state index in [0.29, 0.717) is 17.8 Å². The maximum Gasteiger partial charge on any atom is 0.141 e. The molecule has 0 saturated heterocycles. The average Bonchev–Trinajstić information content (AvgIpc) is 3.17. The van der Waals surface area contributed by atoms with Crippen LogP contribution < -0.4 is 0 Å². The van der Waals surface area contributed by atoms with Crippen molar-refractivity contribution < 1.29 is 10.2 Å². The number of nitrogens with one attached hydrogen (secondary N) is 1. The third-order valence-electron chi connectivity index (χ3n) is 5.39. The van der Waals surface area contributed by atoms with Crippen molar-refractivity contribution in [3.63, 3.8) is 0 Å². The summed E-state index contributed by atoms with van der Waals surface area (Å²) < 4.78 is 0. The van der Waals surface area contributed by atoms with E-state index in [4.69, 9.17) is 0 Å². The van der Waals surface area contributed by atoms with Crippen LogP contribution in [0.1, 0.15) is 39.8 Å². The van der Waals surface area contributed by atoms with Gasteiger partial charge < -0.3 is 15.2 Å². The number of imidazole rings is 1. The summed E-state index contributed by atoms with van der Waals surface area (Å²) in [7, 11) is 0. The largest absolute Gasteiger partial charge is 0.506 e. The maximum absolute atomic E-state index is 10.5. The van der Waals surface area contributed by atoms with Crippen LogP contribution in [0.2, 0.25) is 0 Å². The topological polar surface area (TPSA) is 85.3 Å². The van der Waals surface area contributed by atoms with Gasteiger partial charge in [0, 0.05) is 42.5 Å². The minimum absolute atomic E-state index is 0.113. The van der Waals surface area contributed by atoms with Crippen molar-refractivity contribution in [3.8, 4) is 5.75 Å². The van der Waals surface area contributed by atoms with Crippen molar-refractivity contribution in [1.82, 2.24) is 19.9 Å². The van der Waals surface area contributed by atoms with E-state index in [1.54, 1.807) is 19.4 Å². The first kappa shape index (κ1) is 17.7. The molecule has 3 heterocycles. The molecule has 2 aromatic heterocycles. The van der Waals surface area contributed by atoms with Gasteiger partial charge in [0.15, 0.2) is 0 Å². The van der Waals surface area contributed by atoms with Crippen LogP contribution in [0.4, 0.5) is 0 Å². The monoisotopic (exact) mass is 364 g/mol. The van der Waals surface area contributed by atoms with Crippen molar-refractivity contribution in [2.45, 2.75) is 39.0 Å². The van der Waals surface area contributed by atoms with Crippen LogP contribution in [0.25, 0.3) is 0 Å². The molecule has 1 aliphatic heterocycles. The normalized spacial score (nSPS) is 17.0. The van der Waals surface area contributed by atoms with E-state index in [9.17, 15) is 10.2 Å². The van der Waals surface area contributed by atoms with Crippen LogP contribution in [0.3, 0.4) is 0 Å². The summed E-state index contributed by atoms with van der Waals surface area (Å²) in [5.41, 5.74) is 5.51. The van der Waals surface area contributed by atoms with E-state index in [-0.39, 0.29) is 18.4 Å². The zero-order valence-electron chi connectivity index (χ0n) is 15.4. The fourth-order valence-electron chi connectivity index (χ4n) is 3.86. The molecule has 6 heteroatoms. The van der Waals surface area contributed by atoms with Crippen LogP contribution in [0.5, 0.6) is 5.75 Å². The van der Waals surface area contributed by atoms with E-state index in [1.807, 2.05) is 6.07 Å². The van der Waals surface area contributed by atoms with Gasteiger partial charge in [0.2, 0.25) is 0 Å². The zero-order valence-corrected chi connectivity index (χ0v) is 15.4. The fraction of sp³-hybridized carbons (Fsp3) is 0.333. The molecule has 4 rings (SSSR count). The summed E-state index contributed by atoms with van der Waals surface area (Å²) in [6.45, 7) is 3.05. The molecule has 0 fully saturated rings. The van der Waals surface area contributed by atoms with Gasteiger partial charge in [-0.1, -0.05) is 30.3 Å². The van der Waals surface area contributed by atoms with Gasteiger partial charge in [-0.3, -0.25) is 9.88 Å². The molecule has 0 bridgehead atoms. The Labute approximate surface area is 158 Å². The molecule has 6 nitrogen and oxygen atoms in total. The lowest BCUT2D eigenvalue weighted by atomic mass is 9.95. The molecule has 0 spiro atoms. The fourth-order valence-corrected chi connectivity index (χ4v) is 3.86. The summed E-state index contributed by atoms with van der Waals surface area (Å²) in [6, 6.07) is 10.5. The standard InChI is InChI=1S/C21H24N4O2/c1-14-21(27)17(16(12-26)10-22-14)11-25-8-7-18-20(24-13-23-18)19(25)9-15-5-3-2-4-6-15/h2-6,10,13,19,26-27H,7-9,11-12H2,1H3,(H,23,24). The van der Waals surface area contributed by atoms with Crippen molar-refractivity contribution in [3.05, 3.63) is 76.6 Å². The lowest BCUT2D eigenvalue weighted by Crippen LogP contribution is -2.36. The van der Waals surface area contributed by atoms with Gasteiger partial charge in [-0.2, -0.15) is 0 Å². The predicted octanol–water partition coefficient (Wildman–Crippen LogP) is 2.65. The van der Waals surface area contributed by atoms with Gasteiger partial charge in [0.1, 0.15) is 5.75 Å². The number of nitrogens with zero attached hydrogens (tertiary/aromatic N) is 3. The van der Waals surface area contributed by atoms with E-state index in [1.165, 1.54) is 11.3 Å². The number of rotatable bonds is 5. The molecule has 1 aromatic carbocycles. The van der Waals surface area contributed by atoms with Crippen LogP contribution in [-0.4, -0.2) is 36.6 Å². The van der Waals surface area contributed by atoms with Gasteiger partial charge in [0.05, 0.1) is 30.4 Å². The van der Waals surface area contributed by atoms with Crippen LogP contribution >= 0.6 is 0 Å². The number of hydrogen-bond donors (Lipinski definition) is 3. The Balaban J connectivity index is 1.68. The SMILES string of the molecule is Cc1ncc(CO)c(CN2CCc3[nH]cnc3C2Cc2ccccc2)c1O. The Morgan fingerprint density at radius 1 is 1.22 bits per heavy atom. The Morgan fingerprint density at radius 2 is 2.04 bits per heavy atom.